The quantitative estimate of drug-likeness (QED) is 0.845. The highest BCUT2D eigenvalue weighted by molar-refractivity contribution is 5.88. The van der Waals surface area contributed by atoms with Crippen LogP contribution in [0.1, 0.15) is 52.7 Å². The van der Waals surface area contributed by atoms with Crippen LogP contribution in [0.5, 0.6) is 0 Å². The summed E-state index contributed by atoms with van der Waals surface area (Å²) in [6.07, 6.45) is 3.92. The third-order valence-electron chi connectivity index (χ3n) is 6.49. The number of aromatic carboxylic acids is 1. The number of fused-ring (bicyclic) bond motifs is 7. The molecule has 2 aromatic rings. The van der Waals surface area contributed by atoms with Gasteiger partial charge in [-0.05, 0) is 72.3 Å². The van der Waals surface area contributed by atoms with Crippen LogP contribution >= 0.6 is 0 Å². The van der Waals surface area contributed by atoms with Crippen molar-refractivity contribution >= 4 is 11.7 Å². The number of anilines is 1. The highest BCUT2D eigenvalue weighted by atomic mass is 16.4. The Kier molecular flexibility index (Phi) is 2.99. The number of hydrogen-bond acceptors (Lipinski definition) is 2. The Balaban J connectivity index is 1.64. The van der Waals surface area contributed by atoms with Crippen LogP contribution < -0.4 is 5.32 Å². The third kappa shape index (κ3) is 1.94. The van der Waals surface area contributed by atoms with Crippen LogP contribution in [0.15, 0.2) is 48.5 Å². The van der Waals surface area contributed by atoms with Gasteiger partial charge in [-0.15, -0.1) is 0 Å². The number of rotatable bonds is 2. The summed E-state index contributed by atoms with van der Waals surface area (Å²) in [5, 5.41) is 13.1. The van der Waals surface area contributed by atoms with Crippen molar-refractivity contribution in [2.75, 3.05) is 5.32 Å². The maximum atomic E-state index is 11.4. The van der Waals surface area contributed by atoms with Gasteiger partial charge in [0.15, 0.2) is 0 Å². The molecule has 0 amide bonds. The van der Waals surface area contributed by atoms with Crippen molar-refractivity contribution in [3.63, 3.8) is 0 Å². The first kappa shape index (κ1) is 14.1. The van der Waals surface area contributed by atoms with Gasteiger partial charge in [0.05, 0.1) is 11.6 Å². The van der Waals surface area contributed by atoms with Gasteiger partial charge in [-0.3, -0.25) is 0 Å². The fraction of sp³-hybridized carbons (Fsp3) is 0.381. The van der Waals surface area contributed by atoms with Crippen molar-refractivity contribution in [2.45, 2.75) is 31.2 Å². The van der Waals surface area contributed by atoms with E-state index in [2.05, 4.69) is 35.6 Å². The summed E-state index contributed by atoms with van der Waals surface area (Å²) in [7, 11) is 0. The van der Waals surface area contributed by atoms with E-state index in [1.165, 1.54) is 30.4 Å². The molecule has 0 saturated heterocycles. The summed E-state index contributed by atoms with van der Waals surface area (Å²) < 4.78 is 0. The molecule has 24 heavy (non-hydrogen) atoms. The van der Waals surface area contributed by atoms with Gasteiger partial charge in [-0.25, -0.2) is 4.79 Å². The molecule has 0 spiro atoms. The Hall–Kier alpha value is -2.29. The maximum absolute atomic E-state index is 11.4. The predicted octanol–water partition coefficient (Wildman–Crippen LogP) is 4.68. The number of carbonyl (C=O) groups is 1. The van der Waals surface area contributed by atoms with E-state index in [0.29, 0.717) is 23.4 Å². The highest BCUT2D eigenvalue weighted by Crippen LogP contribution is 2.63. The van der Waals surface area contributed by atoms with Gasteiger partial charge in [0.25, 0.3) is 0 Å². The van der Waals surface area contributed by atoms with E-state index in [9.17, 15) is 9.90 Å². The van der Waals surface area contributed by atoms with E-state index in [1.54, 1.807) is 6.07 Å². The molecule has 5 rings (SSSR count). The lowest BCUT2D eigenvalue weighted by molar-refractivity contribution is 0.0696. The molecule has 1 heterocycles. The van der Waals surface area contributed by atoms with Crippen molar-refractivity contribution in [1.29, 1.82) is 0 Å². The van der Waals surface area contributed by atoms with Gasteiger partial charge in [-0.2, -0.15) is 0 Å². The van der Waals surface area contributed by atoms with E-state index in [4.69, 9.17) is 0 Å². The Labute approximate surface area is 141 Å². The Morgan fingerprint density at radius 1 is 1.04 bits per heavy atom. The van der Waals surface area contributed by atoms with Gasteiger partial charge in [-0.1, -0.05) is 30.3 Å². The minimum absolute atomic E-state index is 0.342. The van der Waals surface area contributed by atoms with Crippen molar-refractivity contribution in [3.8, 4) is 0 Å². The number of carboxylic acid groups (broad SMARTS) is 1. The van der Waals surface area contributed by atoms with Crippen LogP contribution in [0, 0.1) is 17.8 Å². The molecule has 1 aliphatic heterocycles. The maximum Gasteiger partial charge on any atom is 0.335 e. The fourth-order valence-corrected chi connectivity index (χ4v) is 5.61. The molecule has 122 valence electrons. The van der Waals surface area contributed by atoms with Crippen molar-refractivity contribution in [2.24, 2.45) is 17.8 Å². The lowest BCUT2D eigenvalue weighted by Crippen LogP contribution is -2.35. The molecule has 2 aromatic carbocycles. The number of carboxylic acids is 1. The van der Waals surface area contributed by atoms with Gasteiger partial charge in [0, 0.05) is 5.69 Å². The zero-order valence-electron chi connectivity index (χ0n) is 13.5. The second-order valence-corrected chi connectivity index (χ2v) is 7.58. The topological polar surface area (TPSA) is 49.3 Å². The minimum atomic E-state index is -0.831. The van der Waals surface area contributed by atoms with Gasteiger partial charge >= 0.3 is 5.97 Å². The summed E-state index contributed by atoms with van der Waals surface area (Å²) in [5.41, 5.74) is 4.13. The lowest BCUT2D eigenvalue weighted by Gasteiger charge is -2.43. The van der Waals surface area contributed by atoms with Crippen LogP contribution in [-0.4, -0.2) is 11.1 Å². The van der Waals surface area contributed by atoms with E-state index >= 15 is 0 Å². The molecule has 2 fully saturated rings. The highest BCUT2D eigenvalue weighted by Gasteiger charge is 2.53. The summed E-state index contributed by atoms with van der Waals surface area (Å²) in [6.45, 7) is 0. The molecule has 3 aliphatic rings. The van der Waals surface area contributed by atoms with Gasteiger partial charge < -0.3 is 10.4 Å². The first-order chi connectivity index (χ1) is 11.7. The Bertz CT molecular complexity index is 801. The summed E-state index contributed by atoms with van der Waals surface area (Å²) in [5.74, 6) is 1.74. The number of nitrogens with one attached hydrogen (secondary N) is 1. The van der Waals surface area contributed by atoms with Gasteiger partial charge in [0.1, 0.15) is 0 Å². The predicted molar refractivity (Wildman–Crippen MR) is 93.3 cm³/mol. The zero-order chi connectivity index (χ0) is 16.3. The Morgan fingerprint density at radius 2 is 1.83 bits per heavy atom. The molecule has 2 aliphatic carbocycles. The van der Waals surface area contributed by atoms with E-state index < -0.39 is 5.97 Å². The third-order valence-corrected chi connectivity index (χ3v) is 6.49. The molecule has 2 saturated carbocycles. The molecule has 3 nitrogen and oxygen atoms in total. The molecular weight excluding hydrogens is 298 g/mol. The zero-order valence-corrected chi connectivity index (χ0v) is 13.5. The van der Waals surface area contributed by atoms with Crippen molar-refractivity contribution in [3.05, 3.63) is 65.2 Å². The smallest absolute Gasteiger partial charge is 0.335 e. The van der Waals surface area contributed by atoms with Crippen molar-refractivity contribution < 1.29 is 9.90 Å². The van der Waals surface area contributed by atoms with E-state index in [0.717, 1.165) is 17.5 Å². The molecule has 0 unspecified atom stereocenters. The van der Waals surface area contributed by atoms with Crippen molar-refractivity contribution in [1.82, 2.24) is 0 Å². The normalized spacial score (nSPS) is 32.8. The summed E-state index contributed by atoms with van der Waals surface area (Å²) >= 11 is 0. The van der Waals surface area contributed by atoms with Crippen LogP contribution in [-0.2, 0) is 0 Å². The minimum Gasteiger partial charge on any atom is -0.478 e. The molecule has 2 N–H and O–H groups in total. The molecular formula is C21H21NO2. The second kappa shape index (κ2) is 5.10. The number of benzene rings is 2. The first-order valence-corrected chi connectivity index (χ1v) is 8.91. The Morgan fingerprint density at radius 3 is 2.62 bits per heavy atom. The monoisotopic (exact) mass is 319 g/mol. The summed E-state index contributed by atoms with van der Waals surface area (Å²) in [6, 6.07) is 16.7. The standard InChI is InChI=1S/C21H21NO2/c23-21(24)15-8-9-17-16(11-15)18-13-6-7-14(10-13)19(18)20(22-17)12-4-2-1-3-5-12/h1-5,8-9,11,13-14,18-20,22H,6-7,10H2,(H,23,24)/t13-,14-,18-,19-,20-/m0/s1. The fourth-order valence-electron chi connectivity index (χ4n) is 5.61. The molecule has 0 aromatic heterocycles. The van der Waals surface area contributed by atoms with E-state index in [1.807, 2.05) is 12.1 Å². The molecule has 0 radical (unpaired) electrons. The van der Waals surface area contributed by atoms with Gasteiger partial charge in [0.2, 0.25) is 0 Å². The lowest BCUT2D eigenvalue weighted by atomic mass is 9.68. The van der Waals surface area contributed by atoms with E-state index in [-0.39, 0.29) is 0 Å². The molecule has 2 bridgehead atoms. The molecule has 5 atom stereocenters. The van der Waals surface area contributed by atoms with Crippen LogP contribution in [0.2, 0.25) is 0 Å². The van der Waals surface area contributed by atoms with Crippen LogP contribution in [0.3, 0.4) is 0 Å². The molecule has 3 heteroatoms. The largest absolute Gasteiger partial charge is 0.478 e. The second-order valence-electron chi connectivity index (χ2n) is 7.58. The summed E-state index contributed by atoms with van der Waals surface area (Å²) in [4.78, 5) is 11.4. The van der Waals surface area contributed by atoms with Crippen LogP contribution in [0.25, 0.3) is 0 Å². The number of hydrogen-bond donors (Lipinski definition) is 2. The average molecular weight is 319 g/mol. The van der Waals surface area contributed by atoms with Crippen LogP contribution in [0.4, 0.5) is 5.69 Å². The first-order valence-electron chi connectivity index (χ1n) is 8.91. The SMILES string of the molecule is O=C(O)c1ccc2c(c1)[C@@H]1[C@H]3CC[C@@H](C3)[C@@H]1[C@H](c1ccccc1)N2. The average Bonchev–Trinajstić information content (AvgIpc) is 3.23.